The second-order valence-corrected chi connectivity index (χ2v) is 4.56. The molecule has 1 heterocycles. The summed E-state index contributed by atoms with van der Waals surface area (Å²) in [7, 11) is 0. The Labute approximate surface area is 106 Å². The highest BCUT2D eigenvalue weighted by molar-refractivity contribution is 5.76. The molecule has 1 atom stereocenters. The molecule has 1 aromatic heterocycles. The maximum absolute atomic E-state index is 10.7. The van der Waals surface area contributed by atoms with Crippen molar-refractivity contribution in [3.8, 4) is 0 Å². The highest BCUT2D eigenvalue weighted by Crippen LogP contribution is 2.24. The van der Waals surface area contributed by atoms with Gasteiger partial charge in [0.1, 0.15) is 5.82 Å². The molecule has 0 amide bonds. The summed E-state index contributed by atoms with van der Waals surface area (Å²) in [5.41, 5.74) is 1.97. The van der Waals surface area contributed by atoms with Gasteiger partial charge in [-0.1, -0.05) is 26.0 Å². The number of para-hydroxylation sites is 2. The summed E-state index contributed by atoms with van der Waals surface area (Å²) in [4.78, 5) is 15.4. The predicted octanol–water partition coefficient (Wildman–Crippen LogP) is 3.02. The van der Waals surface area contributed by atoms with Crippen LogP contribution in [0.3, 0.4) is 0 Å². The Hall–Kier alpha value is -1.84. The molecule has 2 aromatic rings. The van der Waals surface area contributed by atoms with Gasteiger partial charge in [-0.2, -0.15) is 0 Å². The molecule has 1 N–H and O–H groups in total. The number of hydrogen-bond acceptors (Lipinski definition) is 2. The predicted molar refractivity (Wildman–Crippen MR) is 70.7 cm³/mol. The fraction of sp³-hybridized carbons (Fsp3) is 0.429. The third-order valence-corrected chi connectivity index (χ3v) is 3.29. The Morgan fingerprint density at radius 1 is 1.44 bits per heavy atom. The molecule has 1 unspecified atom stereocenters. The standard InChI is InChI=1S/C14H18N2O2/c1-3-10(2)14-15-11-6-4-5-7-12(11)16(14)9-8-13(17)18/h4-7,10H,3,8-9H2,1-2H3,(H,17,18). The number of rotatable bonds is 5. The van der Waals surface area contributed by atoms with Gasteiger partial charge in [-0.25, -0.2) is 4.98 Å². The zero-order valence-electron chi connectivity index (χ0n) is 10.8. The van der Waals surface area contributed by atoms with Crippen molar-refractivity contribution in [2.24, 2.45) is 0 Å². The number of nitrogens with zero attached hydrogens (tertiary/aromatic N) is 2. The Balaban J connectivity index is 2.47. The molecule has 0 radical (unpaired) electrons. The Kier molecular flexibility index (Phi) is 3.65. The van der Waals surface area contributed by atoms with Gasteiger partial charge in [-0.15, -0.1) is 0 Å². The number of aliphatic carboxylic acids is 1. The van der Waals surface area contributed by atoms with E-state index in [1.807, 2.05) is 28.8 Å². The average Bonchev–Trinajstić information content (AvgIpc) is 2.74. The molecule has 96 valence electrons. The third-order valence-electron chi connectivity index (χ3n) is 3.29. The average molecular weight is 246 g/mol. The van der Waals surface area contributed by atoms with E-state index in [0.29, 0.717) is 12.5 Å². The summed E-state index contributed by atoms with van der Waals surface area (Å²) in [6.45, 7) is 4.72. The number of carbonyl (C=O) groups is 1. The van der Waals surface area contributed by atoms with E-state index >= 15 is 0 Å². The minimum absolute atomic E-state index is 0.129. The Morgan fingerprint density at radius 2 is 2.17 bits per heavy atom. The zero-order chi connectivity index (χ0) is 13.1. The first kappa shape index (κ1) is 12.6. The molecule has 0 bridgehead atoms. The van der Waals surface area contributed by atoms with Crippen LogP contribution in [-0.4, -0.2) is 20.6 Å². The molecule has 1 aromatic carbocycles. The third kappa shape index (κ3) is 2.37. The highest BCUT2D eigenvalue weighted by Gasteiger charge is 2.15. The molecule has 4 heteroatoms. The first-order chi connectivity index (χ1) is 8.63. The molecule has 0 aliphatic heterocycles. The van der Waals surface area contributed by atoms with Gasteiger partial charge in [0, 0.05) is 12.5 Å². The van der Waals surface area contributed by atoms with Crippen LogP contribution in [0.4, 0.5) is 0 Å². The number of fused-ring (bicyclic) bond motifs is 1. The van der Waals surface area contributed by atoms with Gasteiger partial charge in [0.05, 0.1) is 17.5 Å². The van der Waals surface area contributed by atoms with Gasteiger partial charge >= 0.3 is 5.97 Å². The smallest absolute Gasteiger partial charge is 0.305 e. The van der Waals surface area contributed by atoms with Crippen molar-refractivity contribution in [2.75, 3.05) is 0 Å². The molecular weight excluding hydrogens is 228 g/mol. The molecule has 0 aliphatic rings. The normalized spacial score (nSPS) is 12.8. The lowest BCUT2D eigenvalue weighted by atomic mass is 10.1. The maximum atomic E-state index is 10.7. The van der Waals surface area contributed by atoms with Crippen molar-refractivity contribution in [2.45, 2.75) is 39.2 Å². The zero-order valence-corrected chi connectivity index (χ0v) is 10.8. The van der Waals surface area contributed by atoms with Gasteiger partial charge in [0.15, 0.2) is 0 Å². The second kappa shape index (κ2) is 5.21. The molecule has 0 fully saturated rings. The van der Waals surface area contributed by atoms with Crippen molar-refractivity contribution < 1.29 is 9.90 Å². The second-order valence-electron chi connectivity index (χ2n) is 4.56. The molecule has 0 saturated heterocycles. The van der Waals surface area contributed by atoms with Crippen LogP contribution in [0.2, 0.25) is 0 Å². The van der Waals surface area contributed by atoms with E-state index in [1.165, 1.54) is 0 Å². The number of carboxylic acid groups (broad SMARTS) is 1. The minimum atomic E-state index is -0.775. The lowest BCUT2D eigenvalue weighted by Crippen LogP contribution is -2.10. The number of aryl methyl sites for hydroxylation is 1. The van der Waals surface area contributed by atoms with Gasteiger partial charge in [-0.3, -0.25) is 4.79 Å². The van der Waals surface area contributed by atoms with E-state index in [-0.39, 0.29) is 6.42 Å². The number of hydrogen-bond donors (Lipinski definition) is 1. The molecule has 0 aliphatic carbocycles. The minimum Gasteiger partial charge on any atom is -0.481 e. The first-order valence-corrected chi connectivity index (χ1v) is 6.30. The van der Waals surface area contributed by atoms with Crippen molar-refractivity contribution in [3.05, 3.63) is 30.1 Å². The number of benzene rings is 1. The fourth-order valence-corrected chi connectivity index (χ4v) is 2.10. The van der Waals surface area contributed by atoms with Crippen molar-refractivity contribution in [3.63, 3.8) is 0 Å². The topological polar surface area (TPSA) is 55.1 Å². The van der Waals surface area contributed by atoms with Gasteiger partial charge in [0.2, 0.25) is 0 Å². The van der Waals surface area contributed by atoms with E-state index in [2.05, 4.69) is 18.8 Å². The van der Waals surface area contributed by atoms with Gasteiger partial charge < -0.3 is 9.67 Å². The molecule has 0 spiro atoms. The first-order valence-electron chi connectivity index (χ1n) is 6.30. The molecule has 4 nitrogen and oxygen atoms in total. The summed E-state index contributed by atoms with van der Waals surface area (Å²) in [5.74, 6) is 0.550. The van der Waals surface area contributed by atoms with Crippen molar-refractivity contribution in [1.29, 1.82) is 0 Å². The summed E-state index contributed by atoms with van der Waals surface area (Å²) >= 11 is 0. The molecular formula is C14H18N2O2. The summed E-state index contributed by atoms with van der Waals surface area (Å²) in [5, 5.41) is 8.84. The van der Waals surface area contributed by atoms with Gasteiger partial charge in [-0.05, 0) is 18.6 Å². The highest BCUT2D eigenvalue weighted by atomic mass is 16.4. The fourth-order valence-electron chi connectivity index (χ4n) is 2.10. The van der Waals surface area contributed by atoms with Crippen LogP contribution in [0.1, 0.15) is 38.4 Å². The Bertz CT molecular complexity index is 560. The van der Waals surface area contributed by atoms with Crippen LogP contribution >= 0.6 is 0 Å². The van der Waals surface area contributed by atoms with E-state index in [9.17, 15) is 4.79 Å². The molecule has 2 rings (SSSR count). The van der Waals surface area contributed by atoms with Gasteiger partial charge in [0.25, 0.3) is 0 Å². The van der Waals surface area contributed by atoms with Crippen LogP contribution in [0.25, 0.3) is 11.0 Å². The van der Waals surface area contributed by atoms with Crippen molar-refractivity contribution in [1.82, 2.24) is 9.55 Å². The number of aromatic nitrogens is 2. The lowest BCUT2D eigenvalue weighted by Gasteiger charge is -2.12. The van der Waals surface area contributed by atoms with Crippen LogP contribution in [0, 0.1) is 0 Å². The molecule has 0 saturated carbocycles. The van der Waals surface area contributed by atoms with E-state index in [4.69, 9.17) is 5.11 Å². The summed E-state index contributed by atoms with van der Waals surface area (Å²) in [6, 6.07) is 7.88. The van der Waals surface area contributed by atoms with Crippen LogP contribution in [-0.2, 0) is 11.3 Å². The number of imidazole rings is 1. The largest absolute Gasteiger partial charge is 0.481 e. The quantitative estimate of drug-likeness (QED) is 0.882. The summed E-state index contributed by atoms with van der Waals surface area (Å²) in [6.07, 6.45) is 1.13. The molecule has 18 heavy (non-hydrogen) atoms. The summed E-state index contributed by atoms with van der Waals surface area (Å²) < 4.78 is 2.04. The number of carboxylic acids is 1. The lowest BCUT2D eigenvalue weighted by molar-refractivity contribution is -0.137. The van der Waals surface area contributed by atoms with Crippen molar-refractivity contribution >= 4 is 17.0 Å². The Morgan fingerprint density at radius 3 is 2.83 bits per heavy atom. The SMILES string of the molecule is CCC(C)c1nc2ccccc2n1CCC(=O)O. The van der Waals surface area contributed by atoms with E-state index in [1.54, 1.807) is 0 Å². The van der Waals surface area contributed by atoms with E-state index < -0.39 is 5.97 Å². The maximum Gasteiger partial charge on any atom is 0.305 e. The van der Waals surface area contributed by atoms with Crippen LogP contribution < -0.4 is 0 Å². The van der Waals surface area contributed by atoms with Crippen LogP contribution in [0.5, 0.6) is 0 Å². The van der Waals surface area contributed by atoms with E-state index in [0.717, 1.165) is 23.3 Å². The van der Waals surface area contributed by atoms with Crippen LogP contribution in [0.15, 0.2) is 24.3 Å². The monoisotopic (exact) mass is 246 g/mol.